The van der Waals surface area contributed by atoms with Crippen LogP contribution in [-0.4, -0.2) is 24.0 Å². The number of benzene rings is 1. The number of hydrogen-bond acceptors (Lipinski definition) is 2. The lowest BCUT2D eigenvalue weighted by Gasteiger charge is -2.20. The van der Waals surface area contributed by atoms with Crippen LogP contribution in [0.15, 0.2) is 24.3 Å². The monoisotopic (exact) mass is 250 g/mol. The molecule has 100 valence electrons. The maximum atomic E-state index is 12.8. The molecule has 3 heteroatoms. The summed E-state index contributed by atoms with van der Waals surface area (Å²) in [5.41, 5.74) is 7.37. The molecule has 18 heavy (non-hydrogen) atoms. The number of rotatable bonds is 5. The minimum absolute atomic E-state index is 0.164. The molecule has 2 nitrogen and oxygen atoms in total. The van der Waals surface area contributed by atoms with E-state index in [9.17, 15) is 4.39 Å². The van der Waals surface area contributed by atoms with Crippen molar-refractivity contribution < 1.29 is 4.39 Å². The van der Waals surface area contributed by atoms with Gasteiger partial charge in [-0.3, -0.25) is 4.90 Å². The fourth-order valence-corrected chi connectivity index (χ4v) is 2.77. The second-order valence-corrected chi connectivity index (χ2v) is 5.36. The lowest BCUT2D eigenvalue weighted by atomic mass is 9.96. The van der Waals surface area contributed by atoms with Gasteiger partial charge >= 0.3 is 0 Å². The van der Waals surface area contributed by atoms with Crippen molar-refractivity contribution in [2.45, 2.75) is 38.8 Å². The van der Waals surface area contributed by atoms with E-state index in [1.165, 1.54) is 24.1 Å². The molecule has 1 fully saturated rings. The highest BCUT2D eigenvalue weighted by Crippen LogP contribution is 2.22. The predicted octanol–water partition coefficient (Wildman–Crippen LogP) is 2.78. The molecule has 1 saturated heterocycles. The van der Waals surface area contributed by atoms with Crippen molar-refractivity contribution in [1.29, 1.82) is 0 Å². The van der Waals surface area contributed by atoms with Gasteiger partial charge in [0.05, 0.1) is 0 Å². The highest BCUT2D eigenvalue weighted by Gasteiger charge is 2.26. The first-order valence-electron chi connectivity index (χ1n) is 6.91. The Morgan fingerprint density at radius 2 is 2.11 bits per heavy atom. The van der Waals surface area contributed by atoms with Gasteiger partial charge in [-0.25, -0.2) is 4.39 Å². The Morgan fingerprint density at radius 3 is 2.78 bits per heavy atom. The zero-order valence-corrected chi connectivity index (χ0v) is 11.1. The van der Waals surface area contributed by atoms with Gasteiger partial charge in [0, 0.05) is 19.1 Å². The molecular formula is C15H23FN2. The molecule has 2 N–H and O–H groups in total. The van der Waals surface area contributed by atoms with Gasteiger partial charge in [0.25, 0.3) is 0 Å². The smallest absolute Gasteiger partial charge is 0.123 e. The molecule has 0 aliphatic carbocycles. The van der Waals surface area contributed by atoms with Gasteiger partial charge in [0.15, 0.2) is 0 Å². The Hall–Kier alpha value is -0.930. The van der Waals surface area contributed by atoms with Crippen LogP contribution in [0, 0.1) is 11.7 Å². The van der Waals surface area contributed by atoms with Gasteiger partial charge in [-0.05, 0) is 43.0 Å². The average molecular weight is 250 g/mol. The van der Waals surface area contributed by atoms with Crippen LogP contribution in [0.3, 0.4) is 0 Å². The molecular weight excluding hydrogens is 227 g/mol. The van der Waals surface area contributed by atoms with E-state index in [0.717, 1.165) is 32.5 Å². The summed E-state index contributed by atoms with van der Waals surface area (Å²) in [5.74, 6) is 0.466. The Labute approximate surface area is 109 Å². The van der Waals surface area contributed by atoms with Crippen LogP contribution in [0.25, 0.3) is 0 Å². The van der Waals surface area contributed by atoms with Crippen LogP contribution in [-0.2, 0) is 6.54 Å². The minimum atomic E-state index is -0.164. The number of likely N-dealkylation sites (tertiary alicyclic amines) is 1. The molecule has 2 atom stereocenters. The van der Waals surface area contributed by atoms with Crippen LogP contribution in [0.5, 0.6) is 0 Å². The van der Waals surface area contributed by atoms with Crippen LogP contribution >= 0.6 is 0 Å². The lowest BCUT2D eigenvalue weighted by molar-refractivity contribution is 0.302. The number of hydrogen-bond donors (Lipinski definition) is 1. The van der Waals surface area contributed by atoms with Gasteiger partial charge in [0.2, 0.25) is 0 Å². The van der Waals surface area contributed by atoms with Crippen molar-refractivity contribution in [3.8, 4) is 0 Å². The van der Waals surface area contributed by atoms with E-state index in [1.807, 2.05) is 12.1 Å². The average Bonchev–Trinajstić information content (AvgIpc) is 2.81. The van der Waals surface area contributed by atoms with Crippen LogP contribution < -0.4 is 5.73 Å². The minimum Gasteiger partial charge on any atom is -0.327 e. The van der Waals surface area contributed by atoms with E-state index in [2.05, 4.69) is 11.8 Å². The van der Waals surface area contributed by atoms with Gasteiger partial charge in [0.1, 0.15) is 5.82 Å². The Balaban J connectivity index is 1.84. The molecule has 0 bridgehead atoms. The molecule has 0 amide bonds. The fraction of sp³-hybridized carbons (Fsp3) is 0.600. The third-order valence-electron chi connectivity index (χ3n) is 3.86. The summed E-state index contributed by atoms with van der Waals surface area (Å²) in [6.45, 7) is 5.29. The molecule has 1 aliphatic heterocycles. The summed E-state index contributed by atoms with van der Waals surface area (Å²) < 4.78 is 12.8. The summed E-state index contributed by atoms with van der Waals surface area (Å²) in [5, 5.41) is 0. The molecule has 0 aromatic heterocycles. The van der Waals surface area contributed by atoms with Crippen molar-refractivity contribution in [3.63, 3.8) is 0 Å². The molecule has 1 heterocycles. The van der Waals surface area contributed by atoms with Crippen LogP contribution in [0.1, 0.15) is 31.7 Å². The molecule has 2 unspecified atom stereocenters. The SMILES string of the molecule is CCCC(N)C1CCN(Cc2ccc(F)cc2)C1. The zero-order valence-electron chi connectivity index (χ0n) is 11.1. The number of halogens is 1. The molecule has 1 aromatic carbocycles. The van der Waals surface area contributed by atoms with Crippen molar-refractivity contribution >= 4 is 0 Å². The first-order valence-corrected chi connectivity index (χ1v) is 6.91. The zero-order chi connectivity index (χ0) is 13.0. The second-order valence-electron chi connectivity index (χ2n) is 5.36. The van der Waals surface area contributed by atoms with Crippen LogP contribution in [0.4, 0.5) is 4.39 Å². The van der Waals surface area contributed by atoms with Gasteiger partial charge in [-0.15, -0.1) is 0 Å². The number of nitrogens with two attached hydrogens (primary N) is 1. The normalized spacial score (nSPS) is 22.3. The Kier molecular flexibility index (Phi) is 4.72. The topological polar surface area (TPSA) is 29.3 Å². The summed E-state index contributed by atoms with van der Waals surface area (Å²) in [6.07, 6.45) is 3.48. The first-order chi connectivity index (χ1) is 8.69. The van der Waals surface area contributed by atoms with E-state index < -0.39 is 0 Å². The Bertz CT molecular complexity index is 363. The fourth-order valence-electron chi connectivity index (χ4n) is 2.77. The third kappa shape index (κ3) is 3.53. The quantitative estimate of drug-likeness (QED) is 0.870. The van der Waals surface area contributed by atoms with Crippen molar-refractivity contribution in [1.82, 2.24) is 4.90 Å². The summed E-state index contributed by atoms with van der Waals surface area (Å²) in [7, 11) is 0. The summed E-state index contributed by atoms with van der Waals surface area (Å²) >= 11 is 0. The van der Waals surface area contributed by atoms with Crippen LogP contribution in [0.2, 0.25) is 0 Å². The van der Waals surface area contributed by atoms with Crippen molar-refractivity contribution in [3.05, 3.63) is 35.6 Å². The van der Waals surface area contributed by atoms with Crippen molar-refractivity contribution in [2.24, 2.45) is 11.7 Å². The molecule has 0 radical (unpaired) electrons. The highest BCUT2D eigenvalue weighted by molar-refractivity contribution is 5.16. The maximum Gasteiger partial charge on any atom is 0.123 e. The second kappa shape index (κ2) is 6.30. The maximum absolute atomic E-state index is 12.8. The summed E-state index contributed by atoms with van der Waals surface area (Å²) in [6, 6.07) is 7.15. The molecule has 2 rings (SSSR count). The lowest BCUT2D eigenvalue weighted by Crippen LogP contribution is -2.32. The van der Waals surface area contributed by atoms with Gasteiger partial charge in [-0.2, -0.15) is 0 Å². The Morgan fingerprint density at radius 1 is 1.39 bits per heavy atom. The van der Waals surface area contributed by atoms with E-state index in [0.29, 0.717) is 12.0 Å². The first kappa shape index (κ1) is 13.5. The molecule has 1 aliphatic rings. The van der Waals surface area contributed by atoms with Gasteiger partial charge in [-0.1, -0.05) is 25.5 Å². The number of nitrogens with zero attached hydrogens (tertiary/aromatic N) is 1. The van der Waals surface area contributed by atoms with Crippen molar-refractivity contribution in [2.75, 3.05) is 13.1 Å². The predicted molar refractivity (Wildman–Crippen MR) is 72.7 cm³/mol. The standard InChI is InChI=1S/C15H23FN2/c1-2-3-15(17)13-8-9-18(11-13)10-12-4-6-14(16)7-5-12/h4-7,13,15H,2-3,8-11,17H2,1H3. The summed E-state index contributed by atoms with van der Waals surface area (Å²) in [4.78, 5) is 2.42. The van der Waals surface area contributed by atoms with Gasteiger partial charge < -0.3 is 5.73 Å². The highest BCUT2D eigenvalue weighted by atomic mass is 19.1. The largest absolute Gasteiger partial charge is 0.327 e. The molecule has 0 saturated carbocycles. The van der Waals surface area contributed by atoms with E-state index in [1.54, 1.807) is 0 Å². The molecule has 0 spiro atoms. The van der Waals surface area contributed by atoms with E-state index in [4.69, 9.17) is 5.73 Å². The molecule has 1 aromatic rings. The third-order valence-corrected chi connectivity index (χ3v) is 3.86. The van der Waals surface area contributed by atoms with E-state index >= 15 is 0 Å². The van der Waals surface area contributed by atoms with E-state index in [-0.39, 0.29) is 5.82 Å².